The lowest BCUT2D eigenvalue weighted by Gasteiger charge is -2.22. The van der Waals surface area contributed by atoms with Gasteiger partial charge in [0.2, 0.25) is 5.91 Å². The van der Waals surface area contributed by atoms with Crippen molar-refractivity contribution in [2.75, 3.05) is 18.1 Å². The zero-order valence-electron chi connectivity index (χ0n) is 17.9. The number of carbonyl (C=O) groups excluding carboxylic acids is 2. The Morgan fingerprint density at radius 3 is 2.57 bits per heavy atom. The summed E-state index contributed by atoms with van der Waals surface area (Å²) in [5.41, 5.74) is 6.08. The molecule has 30 heavy (non-hydrogen) atoms. The zero-order valence-corrected chi connectivity index (χ0v) is 17.9. The van der Waals surface area contributed by atoms with E-state index in [0.29, 0.717) is 19.6 Å². The number of fused-ring (bicyclic) bond motifs is 1. The number of aromatic nitrogens is 2. The van der Waals surface area contributed by atoms with E-state index in [-0.39, 0.29) is 24.3 Å². The molecule has 0 unspecified atom stereocenters. The first kappa shape index (κ1) is 20.1. The molecule has 0 radical (unpaired) electrons. The number of aryl methyl sites for hydroxylation is 3. The van der Waals surface area contributed by atoms with Crippen LogP contribution in [-0.2, 0) is 20.9 Å². The van der Waals surface area contributed by atoms with Crippen molar-refractivity contribution in [3.05, 3.63) is 58.9 Å². The minimum Gasteiger partial charge on any atom is -0.465 e. The summed E-state index contributed by atoms with van der Waals surface area (Å²) in [4.78, 5) is 31.9. The third kappa shape index (κ3) is 3.58. The molecule has 3 aromatic rings. The number of rotatable bonds is 5. The molecular formula is C24H27N3O3. The Bertz CT molecular complexity index is 1110. The standard InChI is InChI=1S/C24H27N3O3/c1-5-30-22(29)14-26-20-9-7-6-8-19(20)25-24(26)18-12-21(28)27(13-18)23-16(3)10-15(2)11-17(23)4/h6-11,18H,5,12-14H2,1-4H3/t18-/m1/s1. The SMILES string of the molecule is CCOC(=O)Cn1c([C@@H]2CC(=O)N(c3c(C)cc(C)cc3C)C2)nc2ccccc21. The fourth-order valence-corrected chi connectivity index (χ4v) is 4.60. The molecule has 1 atom stereocenters. The highest BCUT2D eigenvalue weighted by Gasteiger charge is 2.36. The van der Waals surface area contributed by atoms with E-state index in [1.54, 1.807) is 6.92 Å². The number of amides is 1. The molecule has 2 aromatic carbocycles. The summed E-state index contributed by atoms with van der Waals surface area (Å²) < 4.78 is 7.08. The molecule has 1 fully saturated rings. The number of benzene rings is 2. The van der Waals surface area contributed by atoms with Gasteiger partial charge in [-0.3, -0.25) is 9.59 Å². The Morgan fingerprint density at radius 2 is 1.87 bits per heavy atom. The maximum absolute atomic E-state index is 13.0. The van der Waals surface area contributed by atoms with Gasteiger partial charge in [-0.1, -0.05) is 29.8 Å². The predicted octanol–water partition coefficient (Wildman–Crippen LogP) is 4.05. The summed E-state index contributed by atoms with van der Waals surface area (Å²) in [5, 5.41) is 0. The Kier molecular flexibility index (Phi) is 5.33. The predicted molar refractivity (Wildman–Crippen MR) is 117 cm³/mol. The number of carbonyl (C=O) groups is 2. The number of esters is 1. The molecule has 0 bridgehead atoms. The van der Waals surface area contributed by atoms with E-state index in [2.05, 4.69) is 19.1 Å². The van der Waals surface area contributed by atoms with Crippen molar-refractivity contribution in [1.82, 2.24) is 9.55 Å². The van der Waals surface area contributed by atoms with Crippen molar-refractivity contribution < 1.29 is 14.3 Å². The van der Waals surface area contributed by atoms with E-state index < -0.39 is 0 Å². The van der Waals surface area contributed by atoms with Crippen molar-refractivity contribution in [1.29, 1.82) is 0 Å². The second-order valence-electron chi connectivity index (χ2n) is 8.00. The lowest BCUT2D eigenvalue weighted by molar-refractivity contribution is -0.143. The molecule has 4 rings (SSSR count). The lowest BCUT2D eigenvalue weighted by Crippen LogP contribution is -2.26. The molecule has 2 heterocycles. The van der Waals surface area contributed by atoms with Gasteiger partial charge < -0.3 is 14.2 Å². The van der Waals surface area contributed by atoms with Crippen molar-refractivity contribution in [3.8, 4) is 0 Å². The monoisotopic (exact) mass is 405 g/mol. The van der Waals surface area contributed by atoms with Crippen molar-refractivity contribution in [2.24, 2.45) is 0 Å². The minimum atomic E-state index is -0.298. The van der Waals surface area contributed by atoms with Gasteiger partial charge in [0.15, 0.2) is 0 Å². The highest BCUT2D eigenvalue weighted by atomic mass is 16.5. The van der Waals surface area contributed by atoms with E-state index in [0.717, 1.165) is 33.7 Å². The summed E-state index contributed by atoms with van der Waals surface area (Å²) >= 11 is 0. The average molecular weight is 405 g/mol. The maximum Gasteiger partial charge on any atom is 0.326 e. The molecule has 156 valence electrons. The van der Waals surface area contributed by atoms with Gasteiger partial charge in [-0.2, -0.15) is 0 Å². The van der Waals surface area contributed by atoms with Crippen molar-refractivity contribution in [2.45, 2.75) is 46.6 Å². The number of hydrogen-bond donors (Lipinski definition) is 0. The van der Waals surface area contributed by atoms with Gasteiger partial charge in [-0.15, -0.1) is 0 Å². The molecule has 6 nitrogen and oxygen atoms in total. The molecule has 0 N–H and O–H groups in total. The van der Waals surface area contributed by atoms with Gasteiger partial charge in [0.25, 0.3) is 0 Å². The van der Waals surface area contributed by atoms with Crippen LogP contribution in [0.5, 0.6) is 0 Å². The lowest BCUT2D eigenvalue weighted by atomic mass is 10.0. The molecular weight excluding hydrogens is 378 g/mol. The number of imidazole rings is 1. The highest BCUT2D eigenvalue weighted by molar-refractivity contribution is 5.98. The molecule has 1 aliphatic heterocycles. The Hall–Kier alpha value is -3.15. The first-order chi connectivity index (χ1) is 14.4. The van der Waals surface area contributed by atoms with Crippen LogP contribution in [0, 0.1) is 20.8 Å². The Balaban J connectivity index is 1.72. The second kappa shape index (κ2) is 7.94. The van der Waals surface area contributed by atoms with Gasteiger partial charge in [0.1, 0.15) is 12.4 Å². The normalized spacial score (nSPS) is 16.5. The summed E-state index contributed by atoms with van der Waals surface area (Å²) in [6.45, 7) is 8.94. The third-order valence-corrected chi connectivity index (χ3v) is 5.67. The fraction of sp³-hybridized carbons (Fsp3) is 0.375. The van der Waals surface area contributed by atoms with Crippen LogP contribution in [0.15, 0.2) is 36.4 Å². The molecule has 0 aliphatic carbocycles. The smallest absolute Gasteiger partial charge is 0.326 e. The molecule has 1 aromatic heterocycles. The quantitative estimate of drug-likeness (QED) is 0.601. The van der Waals surface area contributed by atoms with Gasteiger partial charge in [-0.05, 0) is 51.0 Å². The first-order valence-electron chi connectivity index (χ1n) is 10.4. The summed E-state index contributed by atoms with van der Waals surface area (Å²) in [5.74, 6) is 0.472. The van der Waals surface area contributed by atoms with Crippen molar-refractivity contribution >= 4 is 28.6 Å². The molecule has 1 saturated heterocycles. The largest absolute Gasteiger partial charge is 0.465 e. The van der Waals surface area contributed by atoms with Gasteiger partial charge in [-0.25, -0.2) is 4.98 Å². The van der Waals surface area contributed by atoms with E-state index in [1.165, 1.54) is 5.56 Å². The van der Waals surface area contributed by atoms with E-state index in [1.807, 2.05) is 47.6 Å². The van der Waals surface area contributed by atoms with E-state index in [9.17, 15) is 9.59 Å². The highest BCUT2D eigenvalue weighted by Crippen LogP contribution is 2.36. The van der Waals surface area contributed by atoms with E-state index in [4.69, 9.17) is 9.72 Å². The summed E-state index contributed by atoms with van der Waals surface area (Å²) in [6.07, 6.45) is 0.374. The maximum atomic E-state index is 13.0. The van der Waals surface area contributed by atoms with Crippen LogP contribution >= 0.6 is 0 Å². The molecule has 0 saturated carbocycles. The molecule has 0 spiro atoms. The van der Waals surface area contributed by atoms with Crippen LogP contribution < -0.4 is 4.90 Å². The van der Waals surface area contributed by atoms with Crippen LogP contribution in [0.25, 0.3) is 11.0 Å². The summed E-state index contributed by atoms with van der Waals surface area (Å²) in [6, 6.07) is 12.0. The third-order valence-electron chi connectivity index (χ3n) is 5.67. The number of ether oxygens (including phenoxy) is 1. The molecule has 6 heteroatoms. The number of nitrogens with zero attached hydrogens (tertiary/aromatic N) is 3. The number of anilines is 1. The average Bonchev–Trinajstić information content (AvgIpc) is 3.22. The molecule has 1 amide bonds. The van der Waals surface area contributed by atoms with Crippen LogP contribution in [0.4, 0.5) is 5.69 Å². The first-order valence-corrected chi connectivity index (χ1v) is 10.4. The topological polar surface area (TPSA) is 64.4 Å². The Labute approximate surface area is 176 Å². The van der Waals surface area contributed by atoms with Gasteiger partial charge in [0, 0.05) is 24.6 Å². The van der Waals surface area contributed by atoms with Gasteiger partial charge in [0.05, 0.1) is 17.6 Å². The Morgan fingerprint density at radius 1 is 1.17 bits per heavy atom. The number of para-hydroxylation sites is 2. The van der Waals surface area contributed by atoms with Crippen LogP contribution in [0.1, 0.15) is 41.8 Å². The van der Waals surface area contributed by atoms with Crippen LogP contribution in [0.3, 0.4) is 0 Å². The van der Waals surface area contributed by atoms with Crippen LogP contribution in [0.2, 0.25) is 0 Å². The van der Waals surface area contributed by atoms with Crippen LogP contribution in [-0.4, -0.2) is 34.6 Å². The number of hydrogen-bond acceptors (Lipinski definition) is 4. The fourth-order valence-electron chi connectivity index (χ4n) is 4.60. The second-order valence-corrected chi connectivity index (χ2v) is 8.00. The zero-order chi connectivity index (χ0) is 21.4. The van der Waals surface area contributed by atoms with E-state index >= 15 is 0 Å². The van der Waals surface area contributed by atoms with Crippen molar-refractivity contribution in [3.63, 3.8) is 0 Å². The molecule has 1 aliphatic rings. The van der Waals surface area contributed by atoms with Gasteiger partial charge >= 0.3 is 5.97 Å². The minimum absolute atomic E-state index is 0.0839. The summed E-state index contributed by atoms with van der Waals surface area (Å²) in [7, 11) is 0.